The van der Waals surface area contributed by atoms with Gasteiger partial charge in [-0.2, -0.15) is 10.1 Å². The number of halogens is 2. The molecule has 3 aromatic heterocycles. The van der Waals surface area contributed by atoms with Crippen molar-refractivity contribution in [2.24, 2.45) is 0 Å². The highest BCUT2D eigenvalue weighted by molar-refractivity contribution is 6.31. The molecule has 0 spiro atoms. The highest BCUT2D eigenvalue weighted by atomic mass is 35.5. The van der Waals surface area contributed by atoms with Gasteiger partial charge < -0.3 is 5.32 Å². The zero-order valence-electron chi connectivity index (χ0n) is 15.9. The van der Waals surface area contributed by atoms with Crippen LogP contribution in [0.3, 0.4) is 0 Å². The molecule has 1 aliphatic rings. The van der Waals surface area contributed by atoms with Crippen molar-refractivity contribution in [2.75, 3.05) is 5.32 Å². The molecule has 0 radical (unpaired) electrons. The number of pyridine rings is 1. The second-order valence-corrected chi connectivity index (χ2v) is 7.68. The summed E-state index contributed by atoms with van der Waals surface area (Å²) in [4.78, 5) is 4.70. The van der Waals surface area contributed by atoms with Gasteiger partial charge in [-0.1, -0.05) is 17.7 Å². The molecule has 1 atom stereocenters. The Morgan fingerprint density at radius 2 is 2.21 bits per heavy atom. The first kappa shape index (κ1) is 18.1. The third-order valence-corrected chi connectivity index (χ3v) is 5.75. The maximum absolute atomic E-state index is 13.5. The Balaban J connectivity index is 1.43. The number of aromatic nitrogens is 5. The minimum Gasteiger partial charge on any atom is -0.350 e. The number of hydrogen-bond donors (Lipinski definition) is 1. The number of benzene rings is 1. The lowest BCUT2D eigenvalue weighted by Crippen LogP contribution is -2.28. The molecule has 148 valence electrons. The molecule has 0 amide bonds. The second kappa shape index (κ2) is 7.15. The highest BCUT2D eigenvalue weighted by Gasteiger charge is 2.23. The van der Waals surface area contributed by atoms with Crippen LogP contribution in [0.15, 0.2) is 42.7 Å². The average Bonchev–Trinajstić information content (AvgIpc) is 3.32. The van der Waals surface area contributed by atoms with E-state index in [1.165, 1.54) is 17.3 Å². The Morgan fingerprint density at radius 1 is 1.31 bits per heavy atom. The van der Waals surface area contributed by atoms with Gasteiger partial charge >= 0.3 is 0 Å². The molecule has 0 saturated heterocycles. The summed E-state index contributed by atoms with van der Waals surface area (Å²) in [6.07, 6.45) is 6.74. The van der Waals surface area contributed by atoms with E-state index in [1.807, 2.05) is 24.5 Å². The van der Waals surface area contributed by atoms with E-state index in [9.17, 15) is 4.39 Å². The molecule has 8 heteroatoms. The van der Waals surface area contributed by atoms with Crippen molar-refractivity contribution in [3.8, 4) is 11.1 Å². The fraction of sp³-hybridized carbons (Fsp3) is 0.286. The van der Waals surface area contributed by atoms with Gasteiger partial charge in [-0.3, -0.25) is 4.68 Å². The predicted octanol–water partition coefficient (Wildman–Crippen LogP) is 4.37. The smallest absolute Gasteiger partial charge is 0.243 e. The number of nitrogens with one attached hydrogen (secondary N) is 1. The summed E-state index contributed by atoms with van der Waals surface area (Å²) in [7, 11) is 0. The standard InChI is InChI=1S/C21H20ClFN6/c1-2-28-19-8-6-15(10-14(19)12-24-28)25-21-26-20-16(4-3-9-29(20)27-21)13-5-7-18(23)17(22)11-13/h3-5,7,9,11-12,15H,2,6,8,10H2,1H3,(H,25,27)/t15-/m1/s1. The fourth-order valence-corrected chi connectivity index (χ4v) is 4.20. The van der Waals surface area contributed by atoms with Crippen molar-refractivity contribution in [2.45, 2.75) is 38.8 Å². The van der Waals surface area contributed by atoms with Crippen LogP contribution in [0.1, 0.15) is 24.6 Å². The molecule has 0 bridgehead atoms. The lowest BCUT2D eigenvalue weighted by Gasteiger charge is -2.23. The number of nitrogens with zero attached hydrogens (tertiary/aromatic N) is 5. The molecular formula is C21H20ClFN6. The first-order chi connectivity index (χ1) is 14.1. The largest absolute Gasteiger partial charge is 0.350 e. The van der Waals surface area contributed by atoms with E-state index in [4.69, 9.17) is 16.6 Å². The Bertz CT molecular complexity index is 1200. The Hall–Kier alpha value is -2.93. The lowest BCUT2D eigenvalue weighted by molar-refractivity contribution is 0.552. The van der Waals surface area contributed by atoms with Crippen LogP contribution in [0.5, 0.6) is 0 Å². The number of anilines is 1. The Labute approximate surface area is 172 Å². The van der Waals surface area contributed by atoms with Gasteiger partial charge in [-0.25, -0.2) is 8.91 Å². The maximum Gasteiger partial charge on any atom is 0.243 e. The van der Waals surface area contributed by atoms with Gasteiger partial charge in [0, 0.05) is 30.0 Å². The van der Waals surface area contributed by atoms with Gasteiger partial charge in [0.2, 0.25) is 5.95 Å². The zero-order valence-corrected chi connectivity index (χ0v) is 16.7. The molecule has 0 saturated carbocycles. The van der Waals surface area contributed by atoms with Crippen LogP contribution in [-0.2, 0) is 19.4 Å². The van der Waals surface area contributed by atoms with E-state index in [0.717, 1.165) is 36.9 Å². The Morgan fingerprint density at radius 3 is 3.03 bits per heavy atom. The minimum atomic E-state index is -0.436. The molecule has 0 fully saturated rings. The number of aryl methyl sites for hydroxylation is 1. The van der Waals surface area contributed by atoms with E-state index in [2.05, 4.69) is 27.1 Å². The molecule has 5 rings (SSSR count). The van der Waals surface area contributed by atoms with Gasteiger partial charge in [0.15, 0.2) is 5.65 Å². The van der Waals surface area contributed by atoms with Crippen LogP contribution < -0.4 is 5.32 Å². The molecule has 29 heavy (non-hydrogen) atoms. The Kier molecular flexibility index (Phi) is 4.47. The van der Waals surface area contributed by atoms with E-state index >= 15 is 0 Å². The summed E-state index contributed by atoms with van der Waals surface area (Å²) in [6.45, 7) is 3.02. The fourth-order valence-electron chi connectivity index (χ4n) is 4.02. The van der Waals surface area contributed by atoms with E-state index < -0.39 is 5.82 Å². The number of rotatable bonds is 4. The van der Waals surface area contributed by atoms with Crippen molar-refractivity contribution < 1.29 is 4.39 Å². The first-order valence-corrected chi connectivity index (χ1v) is 10.1. The minimum absolute atomic E-state index is 0.0907. The molecule has 1 aromatic carbocycles. The van der Waals surface area contributed by atoms with Gasteiger partial charge in [-0.15, -0.1) is 5.10 Å². The highest BCUT2D eigenvalue weighted by Crippen LogP contribution is 2.29. The van der Waals surface area contributed by atoms with Crippen LogP contribution in [0.4, 0.5) is 10.3 Å². The van der Waals surface area contributed by atoms with Crippen molar-refractivity contribution in [3.05, 3.63) is 64.8 Å². The van der Waals surface area contributed by atoms with Crippen molar-refractivity contribution in [1.82, 2.24) is 24.4 Å². The summed E-state index contributed by atoms with van der Waals surface area (Å²) in [5.74, 6) is 0.149. The van der Waals surface area contributed by atoms with Crippen LogP contribution >= 0.6 is 11.6 Å². The SMILES string of the molecule is CCn1ncc2c1CC[C@@H](Nc1nc3c(-c4ccc(F)c(Cl)c4)cccn3n1)C2. The summed E-state index contributed by atoms with van der Waals surface area (Å²) in [6, 6.07) is 8.77. The maximum atomic E-state index is 13.5. The van der Waals surface area contributed by atoms with E-state index in [-0.39, 0.29) is 11.1 Å². The zero-order chi connectivity index (χ0) is 20.0. The van der Waals surface area contributed by atoms with Gasteiger partial charge in [0.25, 0.3) is 0 Å². The molecule has 0 unspecified atom stereocenters. The van der Waals surface area contributed by atoms with Crippen LogP contribution in [0, 0.1) is 5.82 Å². The molecule has 0 aliphatic heterocycles. The molecule has 1 N–H and O–H groups in total. The average molecular weight is 411 g/mol. The molecule has 4 aromatic rings. The van der Waals surface area contributed by atoms with Crippen LogP contribution in [-0.4, -0.2) is 30.4 Å². The molecule has 1 aliphatic carbocycles. The summed E-state index contributed by atoms with van der Waals surface area (Å²) in [5.41, 5.74) is 4.98. The summed E-state index contributed by atoms with van der Waals surface area (Å²) in [5, 5.41) is 12.6. The van der Waals surface area contributed by atoms with Gasteiger partial charge in [-0.05, 0) is 61.6 Å². The normalized spacial score (nSPS) is 16.2. The molecule has 3 heterocycles. The summed E-state index contributed by atoms with van der Waals surface area (Å²) >= 11 is 5.97. The summed E-state index contributed by atoms with van der Waals surface area (Å²) < 4.78 is 17.4. The quantitative estimate of drug-likeness (QED) is 0.542. The van der Waals surface area contributed by atoms with Crippen LogP contribution in [0.2, 0.25) is 5.02 Å². The monoisotopic (exact) mass is 410 g/mol. The number of hydrogen-bond acceptors (Lipinski definition) is 4. The second-order valence-electron chi connectivity index (χ2n) is 7.27. The third kappa shape index (κ3) is 3.25. The van der Waals surface area contributed by atoms with Crippen molar-refractivity contribution in [1.29, 1.82) is 0 Å². The predicted molar refractivity (Wildman–Crippen MR) is 111 cm³/mol. The number of fused-ring (bicyclic) bond motifs is 2. The van der Waals surface area contributed by atoms with Gasteiger partial charge in [0.1, 0.15) is 5.82 Å². The van der Waals surface area contributed by atoms with E-state index in [0.29, 0.717) is 11.6 Å². The third-order valence-electron chi connectivity index (χ3n) is 5.46. The molecular weight excluding hydrogens is 391 g/mol. The topological polar surface area (TPSA) is 60.0 Å². The lowest BCUT2D eigenvalue weighted by atomic mass is 9.93. The van der Waals surface area contributed by atoms with Gasteiger partial charge in [0.05, 0.1) is 11.2 Å². The molecule has 6 nitrogen and oxygen atoms in total. The van der Waals surface area contributed by atoms with Crippen molar-refractivity contribution in [3.63, 3.8) is 0 Å². The van der Waals surface area contributed by atoms with Crippen molar-refractivity contribution >= 4 is 23.2 Å². The van der Waals surface area contributed by atoms with E-state index in [1.54, 1.807) is 16.6 Å². The first-order valence-electron chi connectivity index (χ1n) is 9.73. The van der Waals surface area contributed by atoms with Crippen LogP contribution in [0.25, 0.3) is 16.8 Å².